The summed E-state index contributed by atoms with van der Waals surface area (Å²) < 4.78 is 10.6. The minimum Gasteiger partial charge on any atom is -0.454 e. The summed E-state index contributed by atoms with van der Waals surface area (Å²) in [6.07, 6.45) is 1.24. The normalized spacial score (nSPS) is 13.7. The van der Waals surface area contributed by atoms with Gasteiger partial charge < -0.3 is 19.7 Å². The largest absolute Gasteiger partial charge is 0.454 e. The average molecular weight is 340 g/mol. The van der Waals surface area contributed by atoms with E-state index in [0.717, 1.165) is 17.7 Å². The number of carbonyl (C=O) groups excluding carboxylic acids is 1. The summed E-state index contributed by atoms with van der Waals surface area (Å²) in [6.45, 7) is 0.861. The van der Waals surface area contributed by atoms with Gasteiger partial charge in [0.05, 0.1) is 6.42 Å². The minimum atomic E-state index is 0.0128. The number of rotatable bonds is 7. The third-order valence-corrected chi connectivity index (χ3v) is 4.38. The summed E-state index contributed by atoms with van der Waals surface area (Å²) in [5, 5.41) is 3.05. The summed E-state index contributed by atoms with van der Waals surface area (Å²) >= 11 is 0. The van der Waals surface area contributed by atoms with Crippen LogP contribution >= 0.6 is 0 Å². The molecular weight excluding hydrogens is 316 g/mol. The van der Waals surface area contributed by atoms with E-state index in [9.17, 15) is 4.79 Å². The zero-order valence-corrected chi connectivity index (χ0v) is 14.7. The zero-order valence-electron chi connectivity index (χ0n) is 14.7. The minimum absolute atomic E-state index is 0.0128. The summed E-state index contributed by atoms with van der Waals surface area (Å²) in [5.74, 6) is 1.46. The topological polar surface area (TPSA) is 50.8 Å². The summed E-state index contributed by atoms with van der Waals surface area (Å²) in [5.41, 5.74) is 2.19. The Hall–Kier alpha value is -2.53. The number of likely N-dealkylation sites (N-methyl/N-ethyl adjacent to an activating group) is 1. The van der Waals surface area contributed by atoms with Crippen LogP contribution in [0.4, 0.5) is 0 Å². The average Bonchev–Trinajstić information content (AvgIpc) is 3.07. The lowest BCUT2D eigenvalue weighted by molar-refractivity contribution is -0.120. The van der Waals surface area contributed by atoms with Crippen LogP contribution in [0.5, 0.6) is 11.5 Å². The molecule has 1 aliphatic heterocycles. The van der Waals surface area contributed by atoms with Gasteiger partial charge in [0.1, 0.15) is 0 Å². The second-order valence-electron chi connectivity index (χ2n) is 6.48. The Bertz CT molecular complexity index is 716. The van der Waals surface area contributed by atoms with Gasteiger partial charge in [-0.3, -0.25) is 4.79 Å². The van der Waals surface area contributed by atoms with Crippen LogP contribution in [0.1, 0.15) is 11.1 Å². The molecule has 0 aliphatic carbocycles. The molecule has 1 atom stereocenters. The third kappa shape index (κ3) is 4.73. The van der Waals surface area contributed by atoms with Gasteiger partial charge in [0, 0.05) is 12.6 Å². The molecule has 1 aliphatic rings. The van der Waals surface area contributed by atoms with Crippen molar-refractivity contribution < 1.29 is 14.3 Å². The number of fused-ring (bicyclic) bond motifs is 1. The first-order valence-electron chi connectivity index (χ1n) is 8.47. The van der Waals surface area contributed by atoms with E-state index in [0.29, 0.717) is 18.7 Å². The molecule has 1 heterocycles. The maximum Gasteiger partial charge on any atom is 0.231 e. The predicted octanol–water partition coefficient (Wildman–Crippen LogP) is 2.25. The van der Waals surface area contributed by atoms with Gasteiger partial charge in [-0.2, -0.15) is 0 Å². The number of hydrogen-bond acceptors (Lipinski definition) is 4. The van der Waals surface area contributed by atoms with Crippen molar-refractivity contribution >= 4 is 5.91 Å². The van der Waals surface area contributed by atoms with Gasteiger partial charge >= 0.3 is 0 Å². The number of benzene rings is 2. The van der Waals surface area contributed by atoms with E-state index < -0.39 is 0 Å². The Morgan fingerprint density at radius 2 is 1.84 bits per heavy atom. The molecule has 0 saturated heterocycles. The lowest BCUT2D eigenvalue weighted by Crippen LogP contribution is -2.42. The van der Waals surface area contributed by atoms with Crippen molar-refractivity contribution in [1.82, 2.24) is 10.2 Å². The van der Waals surface area contributed by atoms with Crippen LogP contribution in [0.15, 0.2) is 48.5 Å². The van der Waals surface area contributed by atoms with Gasteiger partial charge in [0.15, 0.2) is 11.5 Å². The molecule has 0 bridgehead atoms. The van der Waals surface area contributed by atoms with Crippen molar-refractivity contribution in [3.63, 3.8) is 0 Å². The van der Waals surface area contributed by atoms with E-state index in [2.05, 4.69) is 22.3 Å². The lowest BCUT2D eigenvalue weighted by Gasteiger charge is -2.24. The van der Waals surface area contributed by atoms with Gasteiger partial charge in [-0.25, -0.2) is 0 Å². The molecule has 1 N–H and O–H groups in total. The van der Waals surface area contributed by atoms with Gasteiger partial charge in [-0.05, 0) is 43.8 Å². The van der Waals surface area contributed by atoms with Crippen molar-refractivity contribution in [3.8, 4) is 11.5 Å². The number of ether oxygens (including phenoxy) is 2. The van der Waals surface area contributed by atoms with Crippen LogP contribution in [0.2, 0.25) is 0 Å². The predicted molar refractivity (Wildman–Crippen MR) is 96.9 cm³/mol. The molecule has 0 spiro atoms. The molecule has 2 aromatic carbocycles. The highest BCUT2D eigenvalue weighted by Gasteiger charge is 2.16. The first-order chi connectivity index (χ1) is 12.1. The fourth-order valence-corrected chi connectivity index (χ4v) is 2.85. The van der Waals surface area contributed by atoms with Crippen LogP contribution in [-0.2, 0) is 17.6 Å². The summed E-state index contributed by atoms with van der Waals surface area (Å²) in [6, 6.07) is 16.2. The summed E-state index contributed by atoms with van der Waals surface area (Å²) in [7, 11) is 4.08. The molecule has 5 heteroatoms. The fourth-order valence-electron chi connectivity index (χ4n) is 2.85. The molecule has 3 rings (SSSR count). The number of nitrogens with one attached hydrogen (secondary N) is 1. The Kier molecular flexibility index (Phi) is 5.56. The Balaban J connectivity index is 1.53. The Morgan fingerprint density at radius 1 is 1.08 bits per heavy atom. The van der Waals surface area contributed by atoms with Gasteiger partial charge in [-0.1, -0.05) is 36.4 Å². The number of amides is 1. The zero-order chi connectivity index (χ0) is 17.6. The smallest absolute Gasteiger partial charge is 0.231 e. The van der Waals surface area contributed by atoms with Crippen molar-refractivity contribution in [2.75, 3.05) is 27.4 Å². The summed E-state index contributed by atoms with van der Waals surface area (Å²) in [4.78, 5) is 14.4. The highest BCUT2D eigenvalue weighted by molar-refractivity contribution is 5.78. The number of carbonyl (C=O) groups is 1. The Labute approximate surface area is 148 Å². The third-order valence-electron chi connectivity index (χ3n) is 4.38. The van der Waals surface area contributed by atoms with E-state index in [4.69, 9.17) is 9.47 Å². The maximum absolute atomic E-state index is 12.3. The maximum atomic E-state index is 12.3. The Morgan fingerprint density at radius 3 is 2.60 bits per heavy atom. The van der Waals surface area contributed by atoms with Gasteiger partial charge in [0.25, 0.3) is 0 Å². The van der Waals surface area contributed by atoms with Crippen molar-refractivity contribution in [2.24, 2.45) is 0 Å². The molecular formula is C20H24N2O3. The second-order valence-corrected chi connectivity index (χ2v) is 6.48. The molecule has 25 heavy (non-hydrogen) atoms. The van der Waals surface area contributed by atoms with E-state index in [1.54, 1.807) is 0 Å². The first kappa shape index (κ1) is 17.3. The van der Waals surface area contributed by atoms with Crippen LogP contribution in [0.25, 0.3) is 0 Å². The second kappa shape index (κ2) is 8.03. The lowest BCUT2D eigenvalue weighted by atomic mass is 10.0. The highest BCUT2D eigenvalue weighted by Crippen LogP contribution is 2.32. The van der Waals surface area contributed by atoms with E-state index in [1.165, 1.54) is 5.56 Å². The molecule has 0 aromatic heterocycles. The van der Waals surface area contributed by atoms with E-state index in [1.807, 2.05) is 50.5 Å². The van der Waals surface area contributed by atoms with E-state index in [-0.39, 0.29) is 18.7 Å². The molecule has 1 unspecified atom stereocenters. The van der Waals surface area contributed by atoms with Gasteiger partial charge in [-0.15, -0.1) is 0 Å². The van der Waals surface area contributed by atoms with Crippen LogP contribution in [0, 0.1) is 0 Å². The molecule has 5 nitrogen and oxygen atoms in total. The standard InChI is InChI=1S/C20H24N2O3/c1-22(2)17(10-15-6-4-3-5-7-15)13-21-20(23)12-16-8-9-18-19(11-16)25-14-24-18/h3-9,11,17H,10,12-14H2,1-2H3,(H,21,23). The molecule has 0 fully saturated rings. The molecule has 0 radical (unpaired) electrons. The quantitative estimate of drug-likeness (QED) is 0.840. The van der Waals surface area contributed by atoms with Crippen LogP contribution in [-0.4, -0.2) is 44.3 Å². The number of hydrogen-bond donors (Lipinski definition) is 1. The number of nitrogens with zero attached hydrogens (tertiary/aromatic N) is 1. The highest BCUT2D eigenvalue weighted by atomic mass is 16.7. The SMILES string of the molecule is CN(C)C(CNC(=O)Cc1ccc2c(c1)OCO2)Cc1ccccc1. The fraction of sp³-hybridized carbons (Fsp3) is 0.350. The monoisotopic (exact) mass is 340 g/mol. The molecule has 132 valence electrons. The van der Waals surface area contributed by atoms with Crippen LogP contribution < -0.4 is 14.8 Å². The van der Waals surface area contributed by atoms with Crippen LogP contribution in [0.3, 0.4) is 0 Å². The van der Waals surface area contributed by atoms with Crippen molar-refractivity contribution in [2.45, 2.75) is 18.9 Å². The van der Waals surface area contributed by atoms with Crippen molar-refractivity contribution in [1.29, 1.82) is 0 Å². The van der Waals surface area contributed by atoms with E-state index >= 15 is 0 Å². The van der Waals surface area contributed by atoms with Gasteiger partial charge in [0.2, 0.25) is 12.7 Å². The molecule has 0 saturated carbocycles. The molecule has 1 amide bonds. The first-order valence-corrected chi connectivity index (χ1v) is 8.47. The van der Waals surface area contributed by atoms with Crippen molar-refractivity contribution in [3.05, 3.63) is 59.7 Å². The molecule has 2 aromatic rings.